The fraction of sp³-hybridized carbons (Fsp3) is 0.0345. The number of phenols is 1. The van der Waals surface area contributed by atoms with Gasteiger partial charge in [0, 0.05) is 21.8 Å². The van der Waals surface area contributed by atoms with Crippen LogP contribution in [-0.2, 0) is 9.59 Å². The van der Waals surface area contributed by atoms with Gasteiger partial charge in [-0.1, -0.05) is 24.3 Å². The first-order valence-corrected chi connectivity index (χ1v) is 13.7. The average Bonchev–Trinajstić information content (AvgIpc) is 3.46. The molecule has 3 amide bonds. The molecule has 0 bridgehead atoms. The van der Waals surface area contributed by atoms with Crippen LogP contribution in [-0.4, -0.2) is 39.7 Å². The Morgan fingerprint density at radius 3 is 2.38 bits per heavy atom. The lowest BCUT2D eigenvalue weighted by atomic mass is 10.2. The van der Waals surface area contributed by atoms with Crippen molar-refractivity contribution in [3.63, 3.8) is 0 Å². The van der Waals surface area contributed by atoms with E-state index in [0.29, 0.717) is 16.1 Å². The van der Waals surface area contributed by atoms with Crippen LogP contribution in [0.15, 0.2) is 100 Å². The number of benzene rings is 3. The minimum atomic E-state index is -1.31. The lowest BCUT2D eigenvalue weighted by Gasteiger charge is -2.12. The lowest BCUT2D eigenvalue weighted by Crippen LogP contribution is -2.30. The number of aromatic carboxylic acids is 1. The number of carbonyl (C=O) groups excluding carboxylic acids is 3. The van der Waals surface area contributed by atoms with Crippen molar-refractivity contribution in [2.24, 2.45) is 0 Å². The Morgan fingerprint density at radius 2 is 1.65 bits per heavy atom. The summed E-state index contributed by atoms with van der Waals surface area (Å²) in [6.07, 6.45) is 1.59. The molecule has 4 rings (SSSR count). The molecule has 4 aromatic rings. The van der Waals surface area contributed by atoms with Crippen LogP contribution < -0.4 is 16.0 Å². The van der Waals surface area contributed by atoms with Gasteiger partial charge in [0.15, 0.2) is 0 Å². The van der Waals surface area contributed by atoms with Crippen LogP contribution in [0.2, 0.25) is 0 Å². The number of carboxylic acids is 1. The van der Waals surface area contributed by atoms with Crippen LogP contribution in [0.1, 0.15) is 26.3 Å². The summed E-state index contributed by atoms with van der Waals surface area (Å²) < 4.78 is 0. The van der Waals surface area contributed by atoms with Gasteiger partial charge in [0.1, 0.15) is 17.0 Å². The fourth-order valence-corrected chi connectivity index (χ4v) is 4.83. The second-order valence-corrected chi connectivity index (χ2v) is 10.1. The summed E-state index contributed by atoms with van der Waals surface area (Å²) in [4.78, 5) is 50.2. The van der Waals surface area contributed by atoms with Crippen LogP contribution in [0.25, 0.3) is 6.08 Å². The maximum Gasteiger partial charge on any atom is 0.339 e. The Labute approximate surface area is 237 Å². The number of nitrogens with one attached hydrogen (secondary N) is 3. The maximum atomic E-state index is 13.2. The summed E-state index contributed by atoms with van der Waals surface area (Å²) in [6.45, 7) is 0. The Balaban J connectivity index is 1.40. The van der Waals surface area contributed by atoms with Crippen LogP contribution in [0.4, 0.5) is 11.4 Å². The van der Waals surface area contributed by atoms with E-state index >= 15 is 0 Å². The molecule has 0 fully saturated rings. The summed E-state index contributed by atoms with van der Waals surface area (Å²) in [6, 6.07) is 21.0. The molecule has 0 aliphatic heterocycles. The molecule has 1 aromatic heterocycles. The number of hydrogen-bond acceptors (Lipinski definition) is 7. The van der Waals surface area contributed by atoms with E-state index in [2.05, 4.69) is 16.0 Å². The molecule has 5 N–H and O–H groups in total. The first kappa shape index (κ1) is 28.1. The number of anilines is 2. The Kier molecular flexibility index (Phi) is 9.34. The fourth-order valence-electron chi connectivity index (χ4n) is 3.46. The van der Waals surface area contributed by atoms with Gasteiger partial charge in [0.25, 0.3) is 11.8 Å². The quantitative estimate of drug-likeness (QED) is 0.0984. The number of thioether (sulfide) groups is 1. The number of aromatic hydroxyl groups is 1. The van der Waals surface area contributed by atoms with E-state index in [9.17, 15) is 24.3 Å². The van der Waals surface area contributed by atoms with Gasteiger partial charge in [-0.2, -0.15) is 11.3 Å². The van der Waals surface area contributed by atoms with E-state index in [0.717, 1.165) is 5.56 Å². The SMILES string of the molecule is O=C(CSc1cccc(NC(=O)/C(=C/c2ccsc2)NC(=O)c2ccccc2)c1)Nc1ccc(O)c(C(=O)O)c1. The monoisotopic (exact) mass is 573 g/mol. The van der Waals surface area contributed by atoms with Gasteiger partial charge in [-0.05, 0) is 77.0 Å². The van der Waals surface area contributed by atoms with Gasteiger partial charge >= 0.3 is 5.97 Å². The third-order valence-corrected chi connectivity index (χ3v) is 7.05. The van der Waals surface area contributed by atoms with E-state index in [1.807, 2.05) is 16.8 Å². The highest BCUT2D eigenvalue weighted by Gasteiger charge is 2.16. The topological polar surface area (TPSA) is 145 Å². The molecule has 1 heterocycles. The van der Waals surface area contributed by atoms with E-state index in [1.54, 1.807) is 60.7 Å². The van der Waals surface area contributed by atoms with Gasteiger partial charge in [-0.25, -0.2) is 4.79 Å². The predicted molar refractivity (Wildman–Crippen MR) is 156 cm³/mol. The average molecular weight is 574 g/mol. The third kappa shape index (κ3) is 7.82. The summed E-state index contributed by atoms with van der Waals surface area (Å²) in [5.41, 5.74) is 1.63. The molecule has 0 radical (unpaired) electrons. The molecule has 0 unspecified atom stereocenters. The molecule has 0 saturated heterocycles. The van der Waals surface area contributed by atoms with Crippen molar-refractivity contribution in [2.45, 2.75) is 4.90 Å². The molecule has 0 aliphatic carbocycles. The zero-order chi connectivity index (χ0) is 28.5. The number of thiophene rings is 1. The number of carboxylic acid groups (broad SMARTS) is 1. The van der Waals surface area contributed by atoms with Gasteiger partial charge in [-0.15, -0.1) is 11.8 Å². The van der Waals surface area contributed by atoms with Gasteiger partial charge in [0.05, 0.1) is 5.75 Å². The van der Waals surface area contributed by atoms with E-state index in [1.165, 1.54) is 41.3 Å². The van der Waals surface area contributed by atoms with E-state index in [4.69, 9.17) is 5.11 Å². The lowest BCUT2D eigenvalue weighted by molar-refractivity contribution is -0.114. The molecule has 3 aromatic carbocycles. The molecule has 0 aliphatic rings. The molecular weight excluding hydrogens is 550 g/mol. The number of carbonyl (C=O) groups is 4. The normalized spacial score (nSPS) is 10.9. The Bertz CT molecular complexity index is 1570. The molecule has 40 heavy (non-hydrogen) atoms. The van der Waals surface area contributed by atoms with Crippen molar-refractivity contribution in [1.29, 1.82) is 0 Å². The smallest absolute Gasteiger partial charge is 0.339 e. The molecule has 9 nitrogen and oxygen atoms in total. The van der Waals surface area contributed by atoms with Crippen molar-refractivity contribution in [1.82, 2.24) is 5.32 Å². The molecule has 202 valence electrons. The Morgan fingerprint density at radius 1 is 0.875 bits per heavy atom. The second kappa shape index (κ2) is 13.3. The number of rotatable bonds is 10. The summed E-state index contributed by atoms with van der Waals surface area (Å²) in [5.74, 6) is -3.02. The van der Waals surface area contributed by atoms with Crippen LogP contribution in [0.5, 0.6) is 5.75 Å². The van der Waals surface area contributed by atoms with Gasteiger partial charge in [0.2, 0.25) is 5.91 Å². The molecule has 0 atom stereocenters. The zero-order valence-corrected chi connectivity index (χ0v) is 22.4. The van der Waals surface area contributed by atoms with Crippen LogP contribution in [0.3, 0.4) is 0 Å². The summed E-state index contributed by atoms with van der Waals surface area (Å²) in [5, 5.41) is 30.5. The van der Waals surface area contributed by atoms with Crippen molar-refractivity contribution < 1.29 is 29.4 Å². The van der Waals surface area contributed by atoms with E-state index in [-0.39, 0.29) is 28.6 Å². The highest BCUT2D eigenvalue weighted by molar-refractivity contribution is 8.00. The second-order valence-electron chi connectivity index (χ2n) is 8.29. The predicted octanol–water partition coefficient (Wildman–Crippen LogP) is 5.29. The minimum absolute atomic E-state index is 0.0110. The zero-order valence-electron chi connectivity index (χ0n) is 20.8. The molecule has 0 saturated carbocycles. The van der Waals surface area contributed by atoms with Gasteiger partial charge < -0.3 is 26.2 Å². The largest absolute Gasteiger partial charge is 0.507 e. The summed E-state index contributed by atoms with van der Waals surface area (Å²) in [7, 11) is 0. The van der Waals surface area contributed by atoms with Crippen molar-refractivity contribution in [3.8, 4) is 5.75 Å². The summed E-state index contributed by atoms with van der Waals surface area (Å²) >= 11 is 2.67. The van der Waals surface area contributed by atoms with Crippen molar-refractivity contribution in [2.75, 3.05) is 16.4 Å². The van der Waals surface area contributed by atoms with Crippen LogP contribution >= 0.6 is 23.1 Å². The third-order valence-electron chi connectivity index (χ3n) is 5.36. The van der Waals surface area contributed by atoms with E-state index < -0.39 is 23.5 Å². The van der Waals surface area contributed by atoms with Crippen molar-refractivity contribution >= 4 is 64.2 Å². The highest BCUT2D eigenvalue weighted by atomic mass is 32.2. The molecule has 0 spiro atoms. The minimum Gasteiger partial charge on any atom is -0.507 e. The maximum absolute atomic E-state index is 13.2. The van der Waals surface area contributed by atoms with Crippen LogP contribution in [0, 0.1) is 0 Å². The number of hydrogen-bond donors (Lipinski definition) is 5. The van der Waals surface area contributed by atoms with Crippen molar-refractivity contribution in [3.05, 3.63) is 112 Å². The molecular formula is C29H23N3O6S2. The first-order chi connectivity index (χ1) is 19.3. The molecule has 11 heteroatoms. The number of amides is 3. The first-order valence-electron chi connectivity index (χ1n) is 11.8. The van der Waals surface area contributed by atoms with Gasteiger partial charge in [-0.3, -0.25) is 14.4 Å². The standard InChI is InChI=1S/C29H23N3O6S2/c33-25-10-9-21(15-23(25)29(37)38)30-26(34)17-40-22-8-4-7-20(14-22)31-28(36)24(13-18-11-12-39-16-18)32-27(35)19-5-2-1-3-6-19/h1-16,33H,17H2,(H,30,34)(H,31,36)(H,32,35)(H,37,38)/b24-13-. The Hall–Kier alpha value is -4.87. The highest BCUT2D eigenvalue weighted by Crippen LogP contribution is 2.24.